The van der Waals surface area contributed by atoms with Gasteiger partial charge in [0.05, 0.1) is 25.4 Å². The second kappa shape index (κ2) is 5.89. The van der Waals surface area contributed by atoms with Gasteiger partial charge in [0.25, 0.3) is 0 Å². The number of alkyl carbamates (subject to hydrolysis) is 1. The summed E-state index contributed by atoms with van der Waals surface area (Å²) < 4.78 is 11.6. The van der Waals surface area contributed by atoms with Gasteiger partial charge in [0.15, 0.2) is 5.69 Å². The summed E-state index contributed by atoms with van der Waals surface area (Å²) in [5.74, 6) is -0.432. The van der Waals surface area contributed by atoms with E-state index in [4.69, 9.17) is 9.47 Å². The van der Waals surface area contributed by atoms with Gasteiger partial charge < -0.3 is 14.8 Å². The third-order valence-electron chi connectivity index (χ3n) is 2.91. The van der Waals surface area contributed by atoms with E-state index in [1.54, 1.807) is 11.6 Å². The molecule has 1 fully saturated rings. The number of nitrogens with one attached hydrogen (secondary N) is 1. The zero-order valence-corrected chi connectivity index (χ0v) is 11.8. The summed E-state index contributed by atoms with van der Waals surface area (Å²) in [4.78, 5) is 22.8. The van der Waals surface area contributed by atoms with Gasteiger partial charge in [0.1, 0.15) is 6.10 Å². The van der Waals surface area contributed by atoms with Gasteiger partial charge in [-0.05, 0) is 12.8 Å². The summed E-state index contributed by atoms with van der Waals surface area (Å²) >= 11 is 0. The summed E-state index contributed by atoms with van der Waals surface area (Å²) in [6.45, 7) is 6.69. The minimum absolute atomic E-state index is 0.0504. The highest BCUT2D eigenvalue weighted by Gasteiger charge is 2.28. The number of nitrogens with zero attached hydrogens (tertiary/aromatic N) is 3. The minimum Gasteiger partial charge on any atom is -0.461 e. The molecule has 8 nitrogen and oxygen atoms in total. The monoisotopic (exact) mass is 282 g/mol. The average Bonchev–Trinajstić information content (AvgIpc) is 2.96. The molecule has 0 saturated carbocycles. The molecule has 8 heteroatoms. The number of esters is 1. The molecule has 1 N–H and O–H groups in total. The molecule has 0 spiro atoms. The molecule has 1 saturated heterocycles. The van der Waals surface area contributed by atoms with Crippen molar-refractivity contribution in [1.82, 2.24) is 20.3 Å². The lowest BCUT2D eigenvalue weighted by Crippen LogP contribution is -2.23. The Hall–Kier alpha value is -2.12. The predicted octanol–water partition coefficient (Wildman–Crippen LogP) is 0.687. The van der Waals surface area contributed by atoms with Crippen LogP contribution in [0.15, 0.2) is 0 Å². The molecule has 2 heterocycles. The largest absolute Gasteiger partial charge is 0.461 e. The van der Waals surface area contributed by atoms with Crippen LogP contribution in [0.5, 0.6) is 0 Å². The Morgan fingerprint density at radius 3 is 2.90 bits per heavy atom. The molecule has 1 aliphatic heterocycles. The number of aromatic nitrogens is 3. The molecule has 110 valence electrons. The fourth-order valence-corrected chi connectivity index (χ4v) is 2.10. The third kappa shape index (κ3) is 2.89. The molecule has 1 amide bonds. The maximum absolute atomic E-state index is 11.8. The predicted molar refractivity (Wildman–Crippen MR) is 68.3 cm³/mol. The molecule has 1 aliphatic rings. The Bertz CT molecular complexity index is 512. The number of carbonyl (C=O) groups is 2. The molecule has 1 unspecified atom stereocenters. The van der Waals surface area contributed by atoms with Crippen molar-refractivity contribution in [3.8, 4) is 0 Å². The smallest absolute Gasteiger partial charge is 0.407 e. The quantitative estimate of drug-likeness (QED) is 0.798. The van der Waals surface area contributed by atoms with E-state index in [9.17, 15) is 9.59 Å². The van der Waals surface area contributed by atoms with E-state index in [0.717, 1.165) is 0 Å². The van der Waals surface area contributed by atoms with Crippen molar-refractivity contribution in [2.24, 2.45) is 0 Å². The lowest BCUT2D eigenvalue weighted by molar-refractivity contribution is 0.0517. The number of ether oxygens (including phenoxy) is 2. The maximum atomic E-state index is 11.8. The Morgan fingerprint density at radius 1 is 1.60 bits per heavy atom. The minimum atomic E-state index is -0.482. The highest BCUT2D eigenvalue weighted by molar-refractivity contribution is 5.88. The van der Waals surface area contributed by atoms with Gasteiger partial charge in [-0.1, -0.05) is 19.1 Å². The van der Waals surface area contributed by atoms with E-state index in [2.05, 4.69) is 15.6 Å². The Kier molecular flexibility index (Phi) is 4.21. The van der Waals surface area contributed by atoms with E-state index in [0.29, 0.717) is 18.8 Å². The van der Waals surface area contributed by atoms with Gasteiger partial charge >= 0.3 is 12.1 Å². The summed E-state index contributed by atoms with van der Waals surface area (Å²) in [5, 5.41) is 10.4. The standard InChI is InChI=1S/C12H18N4O4/c1-4-19-11(17)9-10(7(2)3)16(15-14-9)6-8-5-13-12(18)20-8/h7-8H,4-6H2,1-3H3,(H,13,18). The Morgan fingerprint density at radius 2 is 2.35 bits per heavy atom. The highest BCUT2D eigenvalue weighted by atomic mass is 16.6. The first-order chi connectivity index (χ1) is 9.52. The molecule has 0 radical (unpaired) electrons. The lowest BCUT2D eigenvalue weighted by Gasteiger charge is -2.13. The van der Waals surface area contributed by atoms with Crippen LogP contribution in [0.4, 0.5) is 4.79 Å². The van der Waals surface area contributed by atoms with Gasteiger partial charge in [0.2, 0.25) is 0 Å². The van der Waals surface area contributed by atoms with E-state index in [1.165, 1.54) is 0 Å². The van der Waals surface area contributed by atoms with Crippen molar-refractivity contribution in [3.63, 3.8) is 0 Å². The summed E-state index contributed by atoms with van der Waals surface area (Å²) in [7, 11) is 0. The number of amides is 1. The first-order valence-electron chi connectivity index (χ1n) is 6.57. The second-order valence-corrected chi connectivity index (χ2v) is 4.79. The van der Waals surface area contributed by atoms with Crippen molar-refractivity contribution in [2.45, 2.75) is 39.3 Å². The number of rotatable bonds is 5. The SMILES string of the molecule is CCOC(=O)c1nnn(CC2CNC(=O)O2)c1C(C)C. The summed E-state index contributed by atoms with van der Waals surface area (Å²) in [6.07, 6.45) is -0.747. The molecule has 0 aromatic carbocycles. The van der Waals surface area contributed by atoms with Crippen LogP contribution in [0.1, 0.15) is 42.9 Å². The number of cyclic esters (lactones) is 1. The number of hydrogen-bond donors (Lipinski definition) is 1. The van der Waals surface area contributed by atoms with Gasteiger partial charge in [0, 0.05) is 0 Å². The maximum Gasteiger partial charge on any atom is 0.407 e. The Labute approximate surface area is 116 Å². The molecule has 1 aromatic rings. The number of carbonyl (C=O) groups excluding carboxylic acids is 2. The first-order valence-corrected chi connectivity index (χ1v) is 6.57. The van der Waals surface area contributed by atoms with Crippen LogP contribution in [-0.2, 0) is 16.0 Å². The van der Waals surface area contributed by atoms with Crippen molar-refractivity contribution < 1.29 is 19.1 Å². The summed E-state index contributed by atoms with van der Waals surface area (Å²) in [5.41, 5.74) is 0.908. The van der Waals surface area contributed by atoms with Gasteiger partial charge in [-0.15, -0.1) is 5.10 Å². The zero-order chi connectivity index (χ0) is 14.7. The van der Waals surface area contributed by atoms with Crippen molar-refractivity contribution >= 4 is 12.1 Å². The summed E-state index contributed by atoms with van der Waals surface area (Å²) in [6, 6.07) is 0. The molecule has 0 bridgehead atoms. The zero-order valence-electron chi connectivity index (χ0n) is 11.8. The molecule has 1 aromatic heterocycles. The first kappa shape index (κ1) is 14.3. The molecule has 0 aliphatic carbocycles. The molecular formula is C12H18N4O4. The van der Waals surface area contributed by atoms with Crippen molar-refractivity contribution in [1.29, 1.82) is 0 Å². The van der Waals surface area contributed by atoms with E-state index in [1.807, 2.05) is 13.8 Å². The van der Waals surface area contributed by atoms with Gasteiger partial charge in [-0.25, -0.2) is 14.3 Å². The highest BCUT2D eigenvalue weighted by Crippen LogP contribution is 2.19. The Balaban J connectivity index is 2.20. The molecule has 1 atom stereocenters. The normalized spacial score (nSPS) is 18.0. The van der Waals surface area contributed by atoms with E-state index < -0.39 is 12.1 Å². The average molecular weight is 282 g/mol. The van der Waals surface area contributed by atoms with Crippen LogP contribution in [0.2, 0.25) is 0 Å². The fraction of sp³-hybridized carbons (Fsp3) is 0.667. The van der Waals surface area contributed by atoms with E-state index >= 15 is 0 Å². The van der Waals surface area contributed by atoms with Crippen LogP contribution in [0, 0.1) is 0 Å². The molecule has 20 heavy (non-hydrogen) atoms. The van der Waals surface area contributed by atoms with Gasteiger partial charge in [-0.3, -0.25) is 0 Å². The van der Waals surface area contributed by atoms with Crippen LogP contribution in [0.25, 0.3) is 0 Å². The van der Waals surface area contributed by atoms with Crippen molar-refractivity contribution in [3.05, 3.63) is 11.4 Å². The third-order valence-corrected chi connectivity index (χ3v) is 2.91. The van der Waals surface area contributed by atoms with E-state index in [-0.39, 0.29) is 24.3 Å². The second-order valence-electron chi connectivity index (χ2n) is 4.79. The fourth-order valence-electron chi connectivity index (χ4n) is 2.10. The topological polar surface area (TPSA) is 95.3 Å². The van der Waals surface area contributed by atoms with Crippen LogP contribution >= 0.6 is 0 Å². The van der Waals surface area contributed by atoms with Crippen LogP contribution < -0.4 is 5.32 Å². The van der Waals surface area contributed by atoms with Crippen LogP contribution in [0.3, 0.4) is 0 Å². The van der Waals surface area contributed by atoms with Crippen LogP contribution in [-0.4, -0.2) is 46.3 Å². The van der Waals surface area contributed by atoms with Gasteiger partial charge in [-0.2, -0.15) is 0 Å². The number of hydrogen-bond acceptors (Lipinski definition) is 6. The van der Waals surface area contributed by atoms with Crippen molar-refractivity contribution in [2.75, 3.05) is 13.2 Å². The molecule has 2 rings (SSSR count). The lowest BCUT2D eigenvalue weighted by atomic mass is 10.1. The molecular weight excluding hydrogens is 264 g/mol.